The molecule has 2 N–H and O–H groups in total. The van der Waals surface area contributed by atoms with E-state index in [1.54, 1.807) is 0 Å². The van der Waals surface area contributed by atoms with Gasteiger partial charge in [-0.3, -0.25) is 9.59 Å². The van der Waals surface area contributed by atoms with Crippen LogP contribution in [0.3, 0.4) is 0 Å². The van der Waals surface area contributed by atoms with E-state index < -0.39 is 55.7 Å². The first kappa shape index (κ1) is 26.4. The lowest BCUT2D eigenvalue weighted by atomic mass is 10.1. The van der Waals surface area contributed by atoms with Crippen LogP contribution in [-0.2, 0) is 29.6 Å². The van der Waals surface area contributed by atoms with E-state index in [0.717, 1.165) is 9.44 Å². The molecule has 0 aliphatic carbocycles. The average Bonchev–Trinajstić information content (AvgIpc) is 2.46. The summed E-state index contributed by atoms with van der Waals surface area (Å²) in [6.07, 6.45) is 0.929. The number of amides is 2. The van der Waals surface area contributed by atoms with E-state index in [0.29, 0.717) is 25.7 Å². The molecule has 16 heteroatoms. The maximum Gasteiger partial charge on any atom is 0.516 e. The van der Waals surface area contributed by atoms with Gasteiger partial charge in [0.15, 0.2) is 0 Å². The highest BCUT2D eigenvalue weighted by molar-refractivity contribution is 7.91. The Kier molecular flexibility index (Phi) is 9.69. The van der Waals surface area contributed by atoms with Crippen LogP contribution >= 0.6 is 0 Å². The Labute approximate surface area is 157 Å². The van der Waals surface area contributed by atoms with E-state index in [1.807, 2.05) is 0 Å². The summed E-state index contributed by atoms with van der Waals surface area (Å²) in [5.41, 5.74) is -11.2. The molecule has 0 saturated carbocycles. The second-order valence-electron chi connectivity index (χ2n) is 5.57. The molecule has 0 unspecified atom stereocenters. The first-order chi connectivity index (χ1) is 12.5. The van der Waals surface area contributed by atoms with Crippen molar-refractivity contribution in [2.45, 2.75) is 62.4 Å². The van der Waals surface area contributed by atoms with Crippen molar-refractivity contribution in [3.8, 4) is 0 Å². The molecule has 0 saturated heterocycles. The second kappa shape index (κ2) is 10.3. The summed E-state index contributed by atoms with van der Waals surface area (Å²) in [5.74, 6) is -2.61. The van der Waals surface area contributed by atoms with Gasteiger partial charge in [-0.1, -0.05) is 25.7 Å². The molecule has 166 valence electrons. The summed E-state index contributed by atoms with van der Waals surface area (Å²) in [5, 5.41) is 0. The van der Waals surface area contributed by atoms with E-state index in [4.69, 9.17) is 0 Å². The number of carbonyl (C=O) groups is 2. The predicted molar refractivity (Wildman–Crippen MR) is 83.2 cm³/mol. The zero-order valence-electron chi connectivity index (χ0n) is 14.2. The van der Waals surface area contributed by atoms with Crippen molar-refractivity contribution in [1.82, 2.24) is 9.44 Å². The van der Waals surface area contributed by atoms with Gasteiger partial charge < -0.3 is 0 Å². The fourth-order valence-electron chi connectivity index (χ4n) is 1.80. The van der Waals surface area contributed by atoms with Crippen molar-refractivity contribution in [1.29, 1.82) is 0 Å². The lowest BCUT2D eigenvalue weighted by Crippen LogP contribution is -2.40. The van der Waals surface area contributed by atoms with Crippen LogP contribution in [-0.4, -0.2) is 39.7 Å². The maximum atomic E-state index is 12.0. The summed E-state index contributed by atoms with van der Waals surface area (Å²) in [6, 6.07) is 0. The summed E-state index contributed by atoms with van der Waals surface area (Å²) in [6.45, 7) is 0. The Bertz CT molecular complexity index is 682. The molecule has 0 aliphatic rings. The Morgan fingerprint density at radius 1 is 0.571 bits per heavy atom. The van der Waals surface area contributed by atoms with E-state index in [9.17, 15) is 52.8 Å². The van der Waals surface area contributed by atoms with Gasteiger partial charge >= 0.3 is 31.1 Å². The fraction of sp³-hybridized carbons (Fsp3) is 0.833. The van der Waals surface area contributed by atoms with Crippen LogP contribution in [0, 0.1) is 0 Å². The Morgan fingerprint density at radius 3 is 1.07 bits per heavy atom. The molecule has 0 aromatic rings. The maximum absolute atomic E-state index is 12.0. The molecule has 0 aromatic carbocycles. The van der Waals surface area contributed by atoms with Crippen molar-refractivity contribution in [2.75, 3.05) is 0 Å². The molecule has 0 heterocycles. The third kappa shape index (κ3) is 9.57. The molecule has 2 amide bonds. The number of nitrogens with one attached hydrogen (secondary N) is 2. The van der Waals surface area contributed by atoms with Gasteiger partial charge in [0.2, 0.25) is 11.8 Å². The molecule has 8 nitrogen and oxygen atoms in total. The van der Waals surface area contributed by atoms with Gasteiger partial charge in [0.25, 0.3) is 0 Å². The van der Waals surface area contributed by atoms with Crippen molar-refractivity contribution >= 4 is 31.9 Å². The number of halogens is 6. The third-order valence-electron chi connectivity index (χ3n) is 3.16. The van der Waals surface area contributed by atoms with Crippen LogP contribution in [0.15, 0.2) is 0 Å². The molecule has 0 atom stereocenters. The van der Waals surface area contributed by atoms with Gasteiger partial charge in [-0.15, -0.1) is 0 Å². The molecular weight excluding hydrogens is 446 g/mol. The number of alkyl halides is 6. The SMILES string of the molecule is O=C(CCCCCCCCC(=O)NS(=O)(=O)C(F)(F)F)NS(=O)(=O)C(F)(F)F. The van der Waals surface area contributed by atoms with Crippen LogP contribution in [0.2, 0.25) is 0 Å². The molecule has 0 bridgehead atoms. The molecule has 0 spiro atoms. The van der Waals surface area contributed by atoms with Gasteiger partial charge in [0, 0.05) is 12.8 Å². The Hall–Kier alpha value is -1.58. The second-order valence-corrected chi connectivity index (χ2v) is 8.92. The minimum Gasteiger partial charge on any atom is -0.274 e. The quantitative estimate of drug-likeness (QED) is 0.356. The summed E-state index contributed by atoms with van der Waals surface area (Å²) >= 11 is 0. The standard InChI is InChI=1S/C12H18F6N2O6S2/c13-11(14,15)27(23,24)19-9(21)7-5-3-1-2-4-6-8-10(22)20-28(25,26)12(16,17)18/h1-8H2,(H,19,21)(H,20,22). The van der Waals surface area contributed by atoms with E-state index in [-0.39, 0.29) is 12.8 Å². The molecular formula is C12H18F6N2O6S2. The van der Waals surface area contributed by atoms with Crippen molar-refractivity contribution in [3.63, 3.8) is 0 Å². The highest BCUT2D eigenvalue weighted by Crippen LogP contribution is 2.22. The smallest absolute Gasteiger partial charge is 0.274 e. The lowest BCUT2D eigenvalue weighted by Gasteiger charge is -2.09. The van der Waals surface area contributed by atoms with E-state index in [2.05, 4.69) is 0 Å². The highest BCUT2D eigenvalue weighted by Gasteiger charge is 2.47. The first-order valence-corrected chi connectivity index (χ1v) is 10.7. The van der Waals surface area contributed by atoms with Crippen molar-refractivity contribution in [2.24, 2.45) is 0 Å². The number of carbonyl (C=O) groups excluding carboxylic acids is 2. The number of unbranched alkanes of at least 4 members (excludes halogenated alkanes) is 5. The van der Waals surface area contributed by atoms with Gasteiger partial charge in [-0.2, -0.15) is 43.2 Å². The van der Waals surface area contributed by atoms with Crippen LogP contribution in [0.25, 0.3) is 0 Å². The molecule has 0 aliphatic heterocycles. The van der Waals surface area contributed by atoms with E-state index >= 15 is 0 Å². The Balaban J connectivity index is 3.89. The molecule has 0 fully saturated rings. The predicted octanol–water partition coefficient (Wildman–Crippen LogP) is 2.04. The number of hydrogen-bond donors (Lipinski definition) is 2. The van der Waals surface area contributed by atoms with Gasteiger partial charge in [-0.05, 0) is 12.8 Å². The Morgan fingerprint density at radius 2 is 0.821 bits per heavy atom. The highest BCUT2D eigenvalue weighted by atomic mass is 32.2. The van der Waals surface area contributed by atoms with Gasteiger partial charge in [-0.25, -0.2) is 9.44 Å². The van der Waals surface area contributed by atoms with Crippen LogP contribution in [0.5, 0.6) is 0 Å². The summed E-state index contributed by atoms with van der Waals surface area (Å²) in [4.78, 5) is 22.3. The van der Waals surface area contributed by atoms with E-state index in [1.165, 1.54) is 0 Å². The zero-order chi connectivity index (χ0) is 22.2. The lowest BCUT2D eigenvalue weighted by molar-refractivity contribution is -0.120. The fourth-order valence-corrected chi connectivity index (χ4v) is 2.83. The van der Waals surface area contributed by atoms with Crippen LogP contribution < -0.4 is 9.44 Å². The number of rotatable bonds is 11. The topological polar surface area (TPSA) is 126 Å². The van der Waals surface area contributed by atoms with Gasteiger partial charge in [0.1, 0.15) is 0 Å². The van der Waals surface area contributed by atoms with Crippen molar-refractivity contribution < 1.29 is 52.8 Å². The average molecular weight is 464 g/mol. The summed E-state index contributed by atoms with van der Waals surface area (Å²) < 4.78 is 117. The molecule has 0 radical (unpaired) electrons. The third-order valence-corrected chi connectivity index (χ3v) is 5.38. The van der Waals surface area contributed by atoms with Gasteiger partial charge in [0.05, 0.1) is 0 Å². The minimum absolute atomic E-state index is 0.101. The van der Waals surface area contributed by atoms with Crippen LogP contribution in [0.1, 0.15) is 51.4 Å². The largest absolute Gasteiger partial charge is 0.516 e. The first-order valence-electron chi connectivity index (χ1n) is 7.73. The molecule has 28 heavy (non-hydrogen) atoms. The van der Waals surface area contributed by atoms with Crippen LogP contribution in [0.4, 0.5) is 26.3 Å². The number of sulfonamides is 2. The normalized spacial score (nSPS) is 13.2. The molecule has 0 rings (SSSR count). The van der Waals surface area contributed by atoms with Crippen molar-refractivity contribution in [3.05, 3.63) is 0 Å². The zero-order valence-corrected chi connectivity index (χ0v) is 15.8. The minimum atomic E-state index is -5.73. The monoisotopic (exact) mass is 464 g/mol. The molecule has 0 aromatic heterocycles. The summed E-state index contributed by atoms with van der Waals surface area (Å²) in [7, 11) is -11.5. The number of hydrogen-bond acceptors (Lipinski definition) is 6.